The van der Waals surface area contributed by atoms with Crippen LogP contribution in [0.5, 0.6) is 0 Å². The third-order valence-electron chi connectivity index (χ3n) is 1.51. The molecule has 0 aromatic rings. The Kier molecular flexibility index (Phi) is 6.11. The van der Waals surface area contributed by atoms with Crippen LogP contribution < -0.4 is 5.32 Å². The van der Waals surface area contributed by atoms with Crippen molar-refractivity contribution in [3.63, 3.8) is 0 Å². The van der Waals surface area contributed by atoms with Crippen molar-refractivity contribution in [2.45, 2.75) is 25.8 Å². The molecule has 0 amide bonds. The summed E-state index contributed by atoms with van der Waals surface area (Å²) in [7, 11) is 0. The van der Waals surface area contributed by atoms with Crippen LogP contribution in [0.25, 0.3) is 0 Å². The van der Waals surface area contributed by atoms with Gasteiger partial charge in [0.25, 0.3) is 5.92 Å². The van der Waals surface area contributed by atoms with Gasteiger partial charge < -0.3 is 15.2 Å². The van der Waals surface area contributed by atoms with Crippen LogP contribution in [-0.2, 0) is 4.74 Å². The molecule has 0 saturated heterocycles. The van der Waals surface area contributed by atoms with Gasteiger partial charge in [-0.25, -0.2) is 8.78 Å². The van der Waals surface area contributed by atoms with Gasteiger partial charge in [-0.05, 0) is 13.8 Å². The van der Waals surface area contributed by atoms with E-state index in [1.165, 1.54) is 0 Å². The summed E-state index contributed by atoms with van der Waals surface area (Å²) < 4.78 is 30.0. The predicted molar refractivity (Wildman–Crippen MR) is 46.0 cm³/mol. The first-order valence-electron chi connectivity index (χ1n) is 4.31. The molecule has 0 aliphatic heterocycles. The molecule has 0 radical (unpaired) electrons. The lowest BCUT2D eigenvalue weighted by Gasteiger charge is -2.18. The minimum atomic E-state index is -3.04. The predicted octanol–water partition coefficient (Wildman–Crippen LogP) is 0.629. The summed E-state index contributed by atoms with van der Waals surface area (Å²) in [5, 5.41) is 10.8. The lowest BCUT2D eigenvalue weighted by atomic mass is 10.3. The fourth-order valence-electron chi connectivity index (χ4n) is 0.733. The van der Waals surface area contributed by atoms with E-state index in [2.05, 4.69) is 5.32 Å². The smallest absolute Gasteiger partial charge is 0.282 e. The SMILES string of the molecule is CCOCC(C)NCC(F)(F)CO. The Labute approximate surface area is 77.1 Å². The standard InChI is InChI=1S/C8H17F2NO2/c1-3-13-4-7(2)11-5-8(9,10)6-12/h7,11-12H,3-6H2,1-2H3. The van der Waals surface area contributed by atoms with Gasteiger partial charge >= 0.3 is 0 Å². The third-order valence-corrected chi connectivity index (χ3v) is 1.51. The highest BCUT2D eigenvalue weighted by Gasteiger charge is 2.27. The fraction of sp³-hybridized carbons (Fsp3) is 1.00. The van der Waals surface area contributed by atoms with Gasteiger partial charge in [-0.1, -0.05) is 0 Å². The highest BCUT2D eigenvalue weighted by Crippen LogP contribution is 2.09. The van der Waals surface area contributed by atoms with Crippen molar-refractivity contribution in [1.29, 1.82) is 0 Å². The second-order valence-electron chi connectivity index (χ2n) is 2.96. The maximum Gasteiger partial charge on any atom is 0.282 e. The Balaban J connectivity index is 3.51. The molecule has 1 unspecified atom stereocenters. The van der Waals surface area contributed by atoms with E-state index in [1.54, 1.807) is 6.92 Å². The van der Waals surface area contributed by atoms with Gasteiger partial charge in [-0.3, -0.25) is 0 Å². The topological polar surface area (TPSA) is 41.5 Å². The lowest BCUT2D eigenvalue weighted by Crippen LogP contribution is -2.41. The normalized spacial score (nSPS) is 14.5. The van der Waals surface area contributed by atoms with Crippen LogP contribution in [0.4, 0.5) is 8.78 Å². The van der Waals surface area contributed by atoms with Crippen molar-refractivity contribution in [3.8, 4) is 0 Å². The van der Waals surface area contributed by atoms with Crippen LogP contribution in [0.15, 0.2) is 0 Å². The largest absolute Gasteiger partial charge is 0.390 e. The van der Waals surface area contributed by atoms with Crippen LogP contribution in [0.3, 0.4) is 0 Å². The fourth-order valence-corrected chi connectivity index (χ4v) is 0.733. The number of aliphatic hydroxyl groups is 1. The van der Waals surface area contributed by atoms with Crippen LogP contribution in [-0.4, -0.2) is 43.4 Å². The van der Waals surface area contributed by atoms with Crippen molar-refractivity contribution in [1.82, 2.24) is 5.32 Å². The highest BCUT2D eigenvalue weighted by molar-refractivity contribution is 4.70. The molecule has 0 fully saturated rings. The number of halogens is 2. The maximum absolute atomic E-state index is 12.5. The molecule has 0 rings (SSSR count). The number of rotatable bonds is 7. The number of nitrogens with one attached hydrogen (secondary N) is 1. The zero-order valence-electron chi connectivity index (χ0n) is 8.02. The zero-order chi connectivity index (χ0) is 10.3. The summed E-state index contributed by atoms with van der Waals surface area (Å²) in [6.07, 6.45) is 0. The molecule has 13 heavy (non-hydrogen) atoms. The average molecular weight is 197 g/mol. The van der Waals surface area contributed by atoms with Gasteiger partial charge in [-0.15, -0.1) is 0 Å². The average Bonchev–Trinajstić information content (AvgIpc) is 2.11. The molecule has 2 N–H and O–H groups in total. The molecule has 0 heterocycles. The Morgan fingerprint density at radius 2 is 2.15 bits per heavy atom. The first-order chi connectivity index (χ1) is 6.02. The van der Waals surface area contributed by atoms with E-state index < -0.39 is 19.1 Å². The van der Waals surface area contributed by atoms with Crippen LogP contribution in [0, 0.1) is 0 Å². The number of alkyl halides is 2. The third kappa shape index (κ3) is 6.86. The summed E-state index contributed by atoms with van der Waals surface area (Å²) in [6.45, 7) is 2.93. The number of ether oxygens (including phenoxy) is 1. The van der Waals surface area contributed by atoms with E-state index in [9.17, 15) is 8.78 Å². The van der Waals surface area contributed by atoms with E-state index in [-0.39, 0.29) is 6.04 Å². The number of aliphatic hydroxyl groups excluding tert-OH is 1. The Hall–Kier alpha value is -0.260. The molecule has 0 aliphatic carbocycles. The summed E-state index contributed by atoms with van der Waals surface area (Å²) in [6, 6.07) is -0.127. The van der Waals surface area contributed by atoms with E-state index in [1.807, 2.05) is 6.92 Å². The van der Waals surface area contributed by atoms with E-state index in [0.717, 1.165) is 0 Å². The van der Waals surface area contributed by atoms with Gasteiger partial charge in [-0.2, -0.15) is 0 Å². The van der Waals surface area contributed by atoms with Crippen molar-refractivity contribution < 1.29 is 18.6 Å². The van der Waals surface area contributed by atoms with Crippen molar-refractivity contribution in [2.24, 2.45) is 0 Å². The molecular formula is C8H17F2NO2. The zero-order valence-corrected chi connectivity index (χ0v) is 8.02. The first kappa shape index (κ1) is 12.7. The molecule has 0 aromatic carbocycles. The second kappa shape index (κ2) is 6.23. The van der Waals surface area contributed by atoms with Crippen LogP contribution >= 0.6 is 0 Å². The molecule has 5 heteroatoms. The quantitative estimate of drug-likeness (QED) is 0.629. The molecule has 0 bridgehead atoms. The summed E-state index contributed by atoms with van der Waals surface area (Å²) in [4.78, 5) is 0. The molecule has 1 atom stereocenters. The van der Waals surface area contributed by atoms with Crippen molar-refractivity contribution >= 4 is 0 Å². The summed E-state index contributed by atoms with van der Waals surface area (Å²) >= 11 is 0. The van der Waals surface area contributed by atoms with E-state index in [0.29, 0.717) is 13.2 Å². The lowest BCUT2D eigenvalue weighted by molar-refractivity contribution is -0.0505. The van der Waals surface area contributed by atoms with Gasteiger partial charge in [0.05, 0.1) is 13.2 Å². The molecule has 0 aromatic heterocycles. The highest BCUT2D eigenvalue weighted by atomic mass is 19.3. The van der Waals surface area contributed by atoms with Crippen LogP contribution in [0.1, 0.15) is 13.8 Å². The summed E-state index contributed by atoms with van der Waals surface area (Å²) in [5.41, 5.74) is 0. The molecule has 80 valence electrons. The van der Waals surface area contributed by atoms with E-state index in [4.69, 9.17) is 9.84 Å². The van der Waals surface area contributed by atoms with Gasteiger partial charge in [0, 0.05) is 12.6 Å². The Morgan fingerprint density at radius 1 is 1.54 bits per heavy atom. The molecule has 0 spiro atoms. The molecule has 0 saturated carbocycles. The van der Waals surface area contributed by atoms with E-state index >= 15 is 0 Å². The van der Waals surface area contributed by atoms with Crippen molar-refractivity contribution in [2.75, 3.05) is 26.4 Å². The Morgan fingerprint density at radius 3 is 2.62 bits per heavy atom. The first-order valence-corrected chi connectivity index (χ1v) is 4.31. The van der Waals surface area contributed by atoms with Crippen molar-refractivity contribution in [3.05, 3.63) is 0 Å². The summed E-state index contributed by atoms with van der Waals surface area (Å²) in [5.74, 6) is -3.04. The van der Waals surface area contributed by atoms with Gasteiger partial charge in [0.15, 0.2) is 0 Å². The Bertz CT molecular complexity index is 133. The number of hydrogen-bond donors (Lipinski definition) is 2. The van der Waals surface area contributed by atoms with Crippen LogP contribution in [0.2, 0.25) is 0 Å². The maximum atomic E-state index is 12.5. The number of hydrogen-bond acceptors (Lipinski definition) is 3. The molecule has 0 aliphatic rings. The van der Waals surface area contributed by atoms with Gasteiger partial charge in [0.1, 0.15) is 6.61 Å². The minimum absolute atomic E-state index is 0.127. The minimum Gasteiger partial charge on any atom is -0.390 e. The molecule has 3 nitrogen and oxygen atoms in total. The monoisotopic (exact) mass is 197 g/mol. The van der Waals surface area contributed by atoms with Gasteiger partial charge in [0.2, 0.25) is 0 Å². The second-order valence-corrected chi connectivity index (χ2v) is 2.96. The molecular weight excluding hydrogens is 180 g/mol.